The number of hydrogen-bond donors (Lipinski definition) is 2. The predicted molar refractivity (Wildman–Crippen MR) is 97.8 cm³/mol. The molecule has 7 heteroatoms. The SMILES string of the molecule is O=C(N[C@@H]1CN(c2ccncn2)C[C@H]1CO)c1ccc2ncccc2c1. The summed E-state index contributed by atoms with van der Waals surface area (Å²) in [6.45, 7) is 1.25. The predicted octanol–water partition coefficient (Wildman–Crippen LogP) is 1.25. The molecule has 1 aromatic carbocycles. The number of nitrogens with one attached hydrogen (secondary N) is 1. The number of anilines is 1. The van der Waals surface area contributed by atoms with E-state index in [9.17, 15) is 9.90 Å². The van der Waals surface area contributed by atoms with Crippen LogP contribution in [0.25, 0.3) is 10.9 Å². The number of hydrogen-bond acceptors (Lipinski definition) is 6. The van der Waals surface area contributed by atoms with Crippen LogP contribution in [0, 0.1) is 5.92 Å². The Kier molecular flexibility index (Phi) is 4.45. The van der Waals surface area contributed by atoms with Gasteiger partial charge in [-0.15, -0.1) is 0 Å². The Morgan fingerprint density at radius 2 is 2.12 bits per heavy atom. The number of fused-ring (bicyclic) bond motifs is 1. The Morgan fingerprint density at radius 3 is 2.92 bits per heavy atom. The van der Waals surface area contributed by atoms with E-state index in [2.05, 4.69) is 25.2 Å². The first-order valence-electron chi connectivity index (χ1n) is 8.52. The smallest absolute Gasteiger partial charge is 0.251 e. The molecular formula is C19H19N5O2. The van der Waals surface area contributed by atoms with E-state index in [4.69, 9.17) is 0 Å². The lowest BCUT2D eigenvalue weighted by Gasteiger charge is -2.18. The van der Waals surface area contributed by atoms with Gasteiger partial charge in [0.2, 0.25) is 0 Å². The van der Waals surface area contributed by atoms with Crippen LogP contribution in [0.4, 0.5) is 5.82 Å². The zero-order valence-electron chi connectivity index (χ0n) is 14.1. The molecule has 0 aliphatic carbocycles. The molecule has 0 bridgehead atoms. The van der Waals surface area contributed by atoms with Gasteiger partial charge in [0.25, 0.3) is 5.91 Å². The number of pyridine rings is 1. The first-order chi connectivity index (χ1) is 12.7. The molecule has 7 nitrogen and oxygen atoms in total. The molecular weight excluding hydrogens is 330 g/mol. The number of aliphatic hydroxyl groups excluding tert-OH is 1. The van der Waals surface area contributed by atoms with Crippen LogP contribution in [0.3, 0.4) is 0 Å². The average molecular weight is 349 g/mol. The molecule has 26 heavy (non-hydrogen) atoms. The van der Waals surface area contributed by atoms with Crippen LogP contribution in [0.1, 0.15) is 10.4 Å². The van der Waals surface area contributed by atoms with Gasteiger partial charge >= 0.3 is 0 Å². The molecule has 2 N–H and O–H groups in total. The summed E-state index contributed by atoms with van der Waals surface area (Å²) in [6, 6.07) is 10.9. The first kappa shape index (κ1) is 16.4. The van der Waals surface area contributed by atoms with E-state index in [1.54, 1.807) is 18.5 Å². The van der Waals surface area contributed by atoms with Crippen molar-refractivity contribution in [3.63, 3.8) is 0 Å². The molecule has 3 heterocycles. The van der Waals surface area contributed by atoms with Gasteiger partial charge in [-0.1, -0.05) is 6.07 Å². The number of carbonyl (C=O) groups is 1. The number of aliphatic hydroxyl groups is 1. The quantitative estimate of drug-likeness (QED) is 0.737. The van der Waals surface area contributed by atoms with Gasteiger partial charge < -0.3 is 15.3 Å². The zero-order valence-corrected chi connectivity index (χ0v) is 14.1. The lowest BCUT2D eigenvalue weighted by Crippen LogP contribution is -2.41. The number of rotatable bonds is 4. The standard InChI is InChI=1S/C19H19N5O2/c25-11-15-9-24(18-5-7-20-12-22-18)10-17(15)23-19(26)14-3-4-16-13(8-14)2-1-6-21-16/h1-8,12,15,17,25H,9-11H2,(H,23,26)/t15-,17+/m0/s1. The third-order valence-electron chi connectivity index (χ3n) is 4.75. The maximum atomic E-state index is 12.7. The molecule has 2 atom stereocenters. The van der Waals surface area contributed by atoms with Crippen LogP contribution in [0.5, 0.6) is 0 Å². The highest BCUT2D eigenvalue weighted by Crippen LogP contribution is 2.22. The third-order valence-corrected chi connectivity index (χ3v) is 4.75. The first-order valence-corrected chi connectivity index (χ1v) is 8.52. The second-order valence-electron chi connectivity index (χ2n) is 6.41. The van der Waals surface area contributed by atoms with Gasteiger partial charge in [-0.25, -0.2) is 9.97 Å². The third kappa shape index (κ3) is 3.21. The molecule has 1 fully saturated rings. The molecule has 0 saturated carbocycles. The van der Waals surface area contributed by atoms with Gasteiger partial charge in [0.15, 0.2) is 0 Å². The summed E-state index contributed by atoms with van der Waals surface area (Å²) in [6.07, 6.45) is 4.91. The lowest BCUT2D eigenvalue weighted by atomic mass is 10.0. The van der Waals surface area contributed by atoms with Crippen molar-refractivity contribution in [3.05, 3.63) is 60.7 Å². The Bertz CT molecular complexity index is 918. The summed E-state index contributed by atoms with van der Waals surface area (Å²) in [5, 5.41) is 13.7. The van der Waals surface area contributed by atoms with Crippen LogP contribution in [0.15, 0.2) is 55.1 Å². The van der Waals surface area contributed by atoms with Crippen molar-refractivity contribution in [1.29, 1.82) is 0 Å². The monoisotopic (exact) mass is 349 g/mol. The van der Waals surface area contributed by atoms with Crippen molar-refractivity contribution >= 4 is 22.6 Å². The second kappa shape index (κ2) is 7.05. The van der Waals surface area contributed by atoms with E-state index in [0.29, 0.717) is 18.7 Å². The number of nitrogens with zero attached hydrogens (tertiary/aromatic N) is 4. The molecule has 0 spiro atoms. The highest BCUT2D eigenvalue weighted by Gasteiger charge is 2.34. The van der Waals surface area contributed by atoms with Crippen molar-refractivity contribution in [3.8, 4) is 0 Å². The largest absolute Gasteiger partial charge is 0.396 e. The Balaban J connectivity index is 1.50. The van der Waals surface area contributed by atoms with Crippen molar-refractivity contribution < 1.29 is 9.90 Å². The molecule has 0 unspecified atom stereocenters. The highest BCUT2D eigenvalue weighted by atomic mass is 16.3. The maximum Gasteiger partial charge on any atom is 0.251 e. The molecule has 0 radical (unpaired) electrons. The van der Waals surface area contributed by atoms with Crippen LogP contribution in [0.2, 0.25) is 0 Å². The summed E-state index contributed by atoms with van der Waals surface area (Å²) in [5.74, 6) is 0.603. The number of aromatic nitrogens is 3. The Hall–Kier alpha value is -3.06. The Morgan fingerprint density at radius 1 is 1.19 bits per heavy atom. The molecule has 3 aromatic rings. The van der Waals surface area contributed by atoms with E-state index in [0.717, 1.165) is 16.7 Å². The summed E-state index contributed by atoms with van der Waals surface area (Å²) in [4.78, 5) is 27.2. The van der Waals surface area contributed by atoms with E-state index in [1.807, 2.05) is 30.3 Å². The molecule has 132 valence electrons. The number of amides is 1. The van der Waals surface area contributed by atoms with Crippen molar-refractivity contribution in [1.82, 2.24) is 20.3 Å². The summed E-state index contributed by atoms with van der Waals surface area (Å²) in [7, 11) is 0. The molecule has 1 aliphatic rings. The fourth-order valence-corrected chi connectivity index (χ4v) is 3.35. The van der Waals surface area contributed by atoms with E-state index < -0.39 is 0 Å². The molecule has 1 amide bonds. The van der Waals surface area contributed by atoms with E-state index in [-0.39, 0.29) is 24.5 Å². The fraction of sp³-hybridized carbons (Fsp3) is 0.263. The molecule has 2 aromatic heterocycles. The number of carbonyl (C=O) groups excluding carboxylic acids is 1. The number of benzene rings is 1. The van der Waals surface area contributed by atoms with Crippen molar-refractivity contribution in [2.24, 2.45) is 5.92 Å². The second-order valence-corrected chi connectivity index (χ2v) is 6.41. The summed E-state index contributed by atoms with van der Waals surface area (Å²) in [5.41, 5.74) is 1.44. The molecule has 4 rings (SSSR count). The Labute approximate surface area is 150 Å². The van der Waals surface area contributed by atoms with Gasteiger partial charge in [0, 0.05) is 49.0 Å². The van der Waals surface area contributed by atoms with Crippen molar-refractivity contribution in [2.45, 2.75) is 6.04 Å². The van der Waals surface area contributed by atoms with E-state index >= 15 is 0 Å². The minimum atomic E-state index is -0.149. The minimum Gasteiger partial charge on any atom is -0.396 e. The van der Waals surface area contributed by atoms with E-state index in [1.165, 1.54) is 6.33 Å². The van der Waals surface area contributed by atoms with Crippen LogP contribution < -0.4 is 10.2 Å². The molecule has 1 aliphatic heterocycles. The normalized spacial score (nSPS) is 19.7. The van der Waals surface area contributed by atoms with Gasteiger partial charge in [-0.3, -0.25) is 9.78 Å². The lowest BCUT2D eigenvalue weighted by molar-refractivity contribution is 0.0922. The van der Waals surface area contributed by atoms with Crippen LogP contribution in [-0.2, 0) is 0 Å². The fourth-order valence-electron chi connectivity index (χ4n) is 3.35. The highest BCUT2D eigenvalue weighted by molar-refractivity contribution is 5.98. The van der Waals surface area contributed by atoms with Gasteiger partial charge in [-0.2, -0.15) is 0 Å². The van der Waals surface area contributed by atoms with Crippen LogP contribution >= 0.6 is 0 Å². The maximum absolute atomic E-state index is 12.7. The van der Waals surface area contributed by atoms with Crippen molar-refractivity contribution in [2.75, 3.05) is 24.6 Å². The molecule has 1 saturated heterocycles. The topological polar surface area (TPSA) is 91.2 Å². The summed E-state index contributed by atoms with van der Waals surface area (Å²) < 4.78 is 0. The van der Waals surface area contributed by atoms with Gasteiger partial charge in [0.05, 0.1) is 11.6 Å². The minimum absolute atomic E-state index is 0.00811. The van der Waals surface area contributed by atoms with Crippen LogP contribution in [-0.4, -0.2) is 51.7 Å². The van der Waals surface area contributed by atoms with Gasteiger partial charge in [0.1, 0.15) is 12.1 Å². The van der Waals surface area contributed by atoms with Gasteiger partial charge in [-0.05, 0) is 30.3 Å². The zero-order chi connectivity index (χ0) is 17.9. The summed E-state index contributed by atoms with van der Waals surface area (Å²) >= 11 is 0. The average Bonchev–Trinajstić information content (AvgIpc) is 3.11.